The Balaban J connectivity index is 1.88. The van der Waals surface area contributed by atoms with Gasteiger partial charge in [0.15, 0.2) is 0 Å². The van der Waals surface area contributed by atoms with Crippen LogP contribution in [0.1, 0.15) is 10.7 Å². The van der Waals surface area contributed by atoms with E-state index in [0.717, 1.165) is 16.9 Å². The number of allylic oxidation sites excluding steroid dienone is 1. The van der Waals surface area contributed by atoms with Crippen LogP contribution in [0.15, 0.2) is 34.6 Å². The van der Waals surface area contributed by atoms with Crippen LogP contribution >= 0.6 is 11.3 Å². The van der Waals surface area contributed by atoms with Crippen LogP contribution in [0.3, 0.4) is 0 Å². The quantitative estimate of drug-likeness (QED) is 0.647. The number of rotatable bonds is 3. The van der Waals surface area contributed by atoms with Crippen molar-refractivity contribution in [1.82, 2.24) is 15.0 Å². The normalized spacial score (nSPS) is 11.5. The largest absolute Gasteiger partial charge is 0.360 e. The van der Waals surface area contributed by atoms with Crippen LogP contribution in [-0.2, 0) is 0 Å². The van der Waals surface area contributed by atoms with Gasteiger partial charge < -0.3 is 15.3 Å². The SMILES string of the molecule is Cc1csc(/C(C#N)=C/Nc2ccc3[nH]c(=O)[nH]c3c2)n1. The third-order valence-electron chi connectivity index (χ3n) is 2.87. The fourth-order valence-electron chi connectivity index (χ4n) is 1.90. The highest BCUT2D eigenvalue weighted by atomic mass is 32.1. The van der Waals surface area contributed by atoms with E-state index in [1.54, 1.807) is 18.3 Å². The number of anilines is 1. The molecule has 0 saturated heterocycles. The number of aromatic amines is 2. The zero-order valence-corrected chi connectivity index (χ0v) is 11.9. The Morgan fingerprint density at radius 2 is 2.24 bits per heavy atom. The lowest BCUT2D eigenvalue weighted by Gasteiger charge is -2.01. The number of nitrogens with zero attached hydrogens (tertiary/aromatic N) is 2. The molecule has 0 bridgehead atoms. The molecule has 0 radical (unpaired) electrons. The number of nitrogens with one attached hydrogen (secondary N) is 3. The van der Waals surface area contributed by atoms with Gasteiger partial charge in [-0.1, -0.05) is 0 Å². The number of hydrogen-bond acceptors (Lipinski definition) is 5. The van der Waals surface area contributed by atoms with E-state index in [1.807, 2.05) is 18.4 Å². The van der Waals surface area contributed by atoms with Crippen LogP contribution < -0.4 is 11.0 Å². The molecule has 3 N–H and O–H groups in total. The number of benzene rings is 1. The van der Waals surface area contributed by atoms with Gasteiger partial charge in [-0.3, -0.25) is 0 Å². The summed E-state index contributed by atoms with van der Waals surface area (Å²) in [6, 6.07) is 7.54. The van der Waals surface area contributed by atoms with Crippen molar-refractivity contribution in [3.63, 3.8) is 0 Å². The van der Waals surface area contributed by atoms with Crippen molar-refractivity contribution in [1.29, 1.82) is 5.26 Å². The average Bonchev–Trinajstić information content (AvgIpc) is 3.04. The van der Waals surface area contributed by atoms with Crippen molar-refractivity contribution in [2.75, 3.05) is 5.32 Å². The summed E-state index contributed by atoms with van der Waals surface area (Å²) in [5.41, 5.74) is 3.35. The summed E-state index contributed by atoms with van der Waals surface area (Å²) < 4.78 is 0. The first-order valence-corrected chi connectivity index (χ1v) is 7.05. The van der Waals surface area contributed by atoms with Crippen LogP contribution in [0.2, 0.25) is 0 Å². The first-order valence-electron chi connectivity index (χ1n) is 6.17. The first kappa shape index (κ1) is 13.1. The van der Waals surface area contributed by atoms with Gasteiger partial charge in [0.05, 0.1) is 11.0 Å². The second kappa shape index (κ2) is 5.26. The molecule has 0 aliphatic carbocycles. The summed E-state index contributed by atoms with van der Waals surface area (Å²) in [6.07, 6.45) is 1.62. The van der Waals surface area contributed by atoms with E-state index in [1.165, 1.54) is 11.3 Å². The highest BCUT2D eigenvalue weighted by Gasteiger charge is 2.05. The van der Waals surface area contributed by atoms with Crippen molar-refractivity contribution in [3.8, 4) is 6.07 Å². The molecular weight excluding hydrogens is 286 g/mol. The summed E-state index contributed by atoms with van der Waals surface area (Å²) >= 11 is 1.43. The van der Waals surface area contributed by atoms with Crippen LogP contribution in [0.5, 0.6) is 0 Å². The topological polar surface area (TPSA) is 97.4 Å². The van der Waals surface area contributed by atoms with E-state index in [4.69, 9.17) is 0 Å². The Bertz CT molecular complexity index is 925. The Hall–Kier alpha value is -2.85. The third kappa shape index (κ3) is 2.70. The van der Waals surface area contributed by atoms with Gasteiger partial charge in [0, 0.05) is 23.0 Å². The highest BCUT2D eigenvalue weighted by molar-refractivity contribution is 7.10. The number of aromatic nitrogens is 3. The lowest BCUT2D eigenvalue weighted by atomic mass is 10.2. The Morgan fingerprint density at radius 3 is 2.95 bits per heavy atom. The molecule has 7 heteroatoms. The van der Waals surface area contributed by atoms with Crippen molar-refractivity contribution in [2.45, 2.75) is 6.92 Å². The van der Waals surface area contributed by atoms with Gasteiger partial charge in [0.1, 0.15) is 16.6 Å². The fourth-order valence-corrected chi connectivity index (χ4v) is 2.66. The van der Waals surface area contributed by atoms with Crippen LogP contribution in [-0.4, -0.2) is 15.0 Å². The predicted molar refractivity (Wildman–Crippen MR) is 83.0 cm³/mol. The zero-order valence-electron chi connectivity index (χ0n) is 11.1. The van der Waals surface area contributed by atoms with Gasteiger partial charge in [0.2, 0.25) is 0 Å². The lowest BCUT2D eigenvalue weighted by Crippen LogP contribution is -1.99. The molecule has 1 aromatic carbocycles. The van der Waals surface area contributed by atoms with Gasteiger partial charge in [-0.05, 0) is 25.1 Å². The van der Waals surface area contributed by atoms with Gasteiger partial charge in [0.25, 0.3) is 0 Å². The minimum Gasteiger partial charge on any atom is -0.360 e. The summed E-state index contributed by atoms with van der Waals surface area (Å²) in [4.78, 5) is 20.9. The maximum absolute atomic E-state index is 11.2. The molecule has 0 aliphatic rings. The van der Waals surface area contributed by atoms with E-state index in [2.05, 4.69) is 26.3 Å². The predicted octanol–water partition coefficient (Wildman–Crippen LogP) is 2.60. The summed E-state index contributed by atoms with van der Waals surface area (Å²) in [5.74, 6) is 0. The van der Waals surface area contributed by atoms with E-state index < -0.39 is 0 Å². The summed E-state index contributed by atoms with van der Waals surface area (Å²) in [7, 11) is 0. The number of H-pyrrole nitrogens is 2. The minimum absolute atomic E-state index is 0.242. The van der Waals surface area contributed by atoms with Crippen molar-refractivity contribution in [3.05, 3.63) is 51.0 Å². The molecular formula is C14H11N5OS. The molecule has 104 valence electrons. The number of fused-ring (bicyclic) bond motifs is 1. The van der Waals surface area contributed by atoms with Crippen molar-refractivity contribution >= 4 is 33.6 Å². The van der Waals surface area contributed by atoms with Crippen molar-refractivity contribution in [2.24, 2.45) is 0 Å². The van der Waals surface area contributed by atoms with Crippen molar-refractivity contribution < 1.29 is 0 Å². The molecule has 2 aromatic heterocycles. The molecule has 0 spiro atoms. The second-order valence-corrected chi connectivity index (χ2v) is 5.31. The van der Waals surface area contributed by atoms with E-state index in [9.17, 15) is 10.1 Å². The maximum Gasteiger partial charge on any atom is 0.323 e. The van der Waals surface area contributed by atoms with Gasteiger partial charge in [-0.15, -0.1) is 11.3 Å². The smallest absolute Gasteiger partial charge is 0.323 e. The Kier molecular flexibility index (Phi) is 3.30. The monoisotopic (exact) mass is 297 g/mol. The fraction of sp³-hybridized carbons (Fsp3) is 0.0714. The van der Waals surface area contributed by atoms with E-state index >= 15 is 0 Å². The summed E-state index contributed by atoms with van der Waals surface area (Å²) in [6.45, 7) is 1.89. The van der Waals surface area contributed by atoms with Crippen LogP contribution in [0.4, 0.5) is 5.69 Å². The van der Waals surface area contributed by atoms with Gasteiger partial charge in [-0.2, -0.15) is 5.26 Å². The molecule has 2 heterocycles. The molecule has 0 amide bonds. The van der Waals surface area contributed by atoms with Gasteiger partial charge >= 0.3 is 5.69 Å². The molecule has 3 aromatic rings. The minimum atomic E-state index is -0.242. The molecule has 0 aliphatic heterocycles. The molecule has 21 heavy (non-hydrogen) atoms. The highest BCUT2D eigenvalue weighted by Crippen LogP contribution is 2.20. The number of thiazole rings is 1. The number of imidazole rings is 1. The Morgan fingerprint density at radius 1 is 1.43 bits per heavy atom. The number of nitriles is 1. The molecule has 0 saturated carbocycles. The third-order valence-corrected chi connectivity index (χ3v) is 3.86. The zero-order chi connectivity index (χ0) is 14.8. The number of aryl methyl sites for hydroxylation is 1. The summed E-state index contributed by atoms with van der Waals surface area (Å²) in [5, 5.41) is 14.8. The van der Waals surface area contributed by atoms with Gasteiger partial charge in [-0.25, -0.2) is 9.78 Å². The molecule has 3 rings (SSSR count). The standard InChI is InChI=1S/C14H11N5OS/c1-8-7-21-13(17-8)9(5-15)6-16-10-2-3-11-12(4-10)19-14(20)18-11/h2-4,6-7,16H,1H3,(H2,18,19,20)/b9-6+. The van der Waals surface area contributed by atoms with E-state index in [0.29, 0.717) is 16.1 Å². The Labute approximate surface area is 123 Å². The van der Waals surface area contributed by atoms with Crippen LogP contribution in [0.25, 0.3) is 16.6 Å². The molecule has 0 unspecified atom stereocenters. The number of hydrogen-bond donors (Lipinski definition) is 3. The van der Waals surface area contributed by atoms with E-state index in [-0.39, 0.29) is 5.69 Å². The molecule has 0 fully saturated rings. The average molecular weight is 297 g/mol. The second-order valence-electron chi connectivity index (χ2n) is 4.45. The maximum atomic E-state index is 11.2. The van der Waals surface area contributed by atoms with Crippen LogP contribution in [0, 0.1) is 18.3 Å². The first-order chi connectivity index (χ1) is 10.2. The molecule has 6 nitrogen and oxygen atoms in total. The lowest BCUT2D eigenvalue weighted by molar-refractivity contribution is 1.22. The molecule has 0 atom stereocenters.